The Kier molecular flexibility index (Phi) is 4.45. The van der Waals surface area contributed by atoms with E-state index in [2.05, 4.69) is 37.4 Å². The van der Waals surface area contributed by atoms with Gasteiger partial charge in [-0.05, 0) is 30.7 Å². The van der Waals surface area contributed by atoms with Gasteiger partial charge in [-0.15, -0.1) is 21.5 Å². The molecule has 1 aliphatic carbocycles. The van der Waals surface area contributed by atoms with E-state index in [0.29, 0.717) is 18.3 Å². The number of Topliss-reactive ketones (excluding diaryl/α,β-unsaturated/α-hetero) is 1. The Labute approximate surface area is 182 Å². The molecular weight excluding hydrogens is 416 g/mol. The first-order valence-corrected chi connectivity index (χ1v) is 12.1. The largest absolute Gasteiger partial charge is 0.293 e. The number of fused-ring (bicyclic) bond motifs is 8. The fourth-order valence-corrected chi connectivity index (χ4v) is 6.83. The molecule has 0 amide bonds. The Bertz CT molecular complexity index is 1120. The number of aromatic nitrogens is 3. The van der Waals surface area contributed by atoms with Gasteiger partial charge in [-0.3, -0.25) is 15.1 Å². The van der Waals surface area contributed by atoms with Crippen LogP contribution in [0.5, 0.6) is 0 Å². The molecule has 0 saturated carbocycles. The van der Waals surface area contributed by atoms with Gasteiger partial charge in [0.2, 0.25) is 5.95 Å². The normalized spacial score (nSPS) is 21.7. The standard InChI is InChI=1S/C21H22N6OS2/c1-12-7-8-16-14(9-12)17-18-22-11-23-27(18)20-24-25-21(26(20)19(17)30-16)29-10-15(28)13-5-3-2-4-6-13/h2-6,12,18,22-23H,7-11H2,1H3/t12-,18?/m1/s1. The molecule has 0 bridgehead atoms. The number of rotatable bonds is 4. The highest BCUT2D eigenvalue weighted by atomic mass is 32.2. The van der Waals surface area contributed by atoms with E-state index >= 15 is 0 Å². The van der Waals surface area contributed by atoms with Gasteiger partial charge in [0.15, 0.2) is 10.9 Å². The summed E-state index contributed by atoms with van der Waals surface area (Å²) in [6, 6.07) is 9.44. The summed E-state index contributed by atoms with van der Waals surface area (Å²) in [4.78, 5) is 14.1. The van der Waals surface area contributed by atoms with Crippen molar-refractivity contribution in [3.63, 3.8) is 0 Å². The Morgan fingerprint density at radius 1 is 1.30 bits per heavy atom. The molecule has 2 aliphatic heterocycles. The molecule has 4 heterocycles. The van der Waals surface area contributed by atoms with Gasteiger partial charge in [0.05, 0.1) is 12.4 Å². The number of nitrogens with one attached hydrogen (secondary N) is 2. The molecule has 2 aromatic heterocycles. The van der Waals surface area contributed by atoms with Gasteiger partial charge in [0, 0.05) is 16.0 Å². The Balaban J connectivity index is 1.38. The lowest BCUT2D eigenvalue weighted by Crippen LogP contribution is -2.39. The summed E-state index contributed by atoms with van der Waals surface area (Å²) in [6.07, 6.45) is 3.60. The van der Waals surface area contributed by atoms with Gasteiger partial charge in [-0.25, -0.2) is 9.99 Å². The van der Waals surface area contributed by atoms with Crippen molar-refractivity contribution in [2.24, 2.45) is 5.92 Å². The maximum absolute atomic E-state index is 12.6. The molecule has 30 heavy (non-hydrogen) atoms. The highest BCUT2D eigenvalue weighted by Crippen LogP contribution is 2.48. The average Bonchev–Trinajstić information content (AvgIpc) is 3.48. The van der Waals surface area contributed by atoms with Crippen LogP contribution in [-0.2, 0) is 12.8 Å². The lowest BCUT2D eigenvalue weighted by molar-refractivity contribution is 0.102. The van der Waals surface area contributed by atoms with Crippen LogP contribution in [0.1, 0.15) is 45.9 Å². The van der Waals surface area contributed by atoms with Crippen molar-refractivity contribution in [2.75, 3.05) is 17.4 Å². The van der Waals surface area contributed by atoms with Crippen molar-refractivity contribution in [1.82, 2.24) is 25.5 Å². The van der Waals surface area contributed by atoms with Crippen LogP contribution in [0.4, 0.5) is 5.95 Å². The molecule has 1 fully saturated rings. The van der Waals surface area contributed by atoms with Crippen LogP contribution in [0.3, 0.4) is 0 Å². The molecule has 154 valence electrons. The first-order valence-electron chi connectivity index (χ1n) is 10.3. The SMILES string of the molecule is C[C@@H]1CCc2sc3c(c2C1)C1NCNN1c1nnc(SCC(=O)c2ccccc2)n1-3. The summed E-state index contributed by atoms with van der Waals surface area (Å²) in [7, 11) is 0. The molecule has 1 unspecified atom stereocenters. The zero-order valence-electron chi connectivity index (χ0n) is 16.6. The summed E-state index contributed by atoms with van der Waals surface area (Å²) in [5.74, 6) is 1.94. The maximum atomic E-state index is 12.6. The number of anilines is 1. The predicted molar refractivity (Wildman–Crippen MR) is 118 cm³/mol. The van der Waals surface area contributed by atoms with Crippen molar-refractivity contribution in [2.45, 2.75) is 37.5 Å². The van der Waals surface area contributed by atoms with Crippen LogP contribution in [0.2, 0.25) is 0 Å². The summed E-state index contributed by atoms with van der Waals surface area (Å²) >= 11 is 3.33. The second-order valence-corrected chi connectivity index (χ2v) is 10.1. The van der Waals surface area contributed by atoms with E-state index in [4.69, 9.17) is 0 Å². The van der Waals surface area contributed by atoms with E-state index in [1.165, 1.54) is 39.2 Å². The third kappa shape index (κ3) is 2.84. The minimum atomic E-state index is 0.0887. The van der Waals surface area contributed by atoms with E-state index in [9.17, 15) is 4.79 Å². The summed E-state index contributed by atoms with van der Waals surface area (Å²) in [6.45, 7) is 3.04. The molecule has 1 aromatic carbocycles. The van der Waals surface area contributed by atoms with Crippen LogP contribution in [0.15, 0.2) is 35.5 Å². The zero-order valence-corrected chi connectivity index (χ0v) is 18.2. The number of hydrazine groups is 1. The van der Waals surface area contributed by atoms with E-state index in [1.54, 1.807) is 0 Å². The number of aryl methyl sites for hydroxylation is 1. The van der Waals surface area contributed by atoms with Crippen LogP contribution in [0, 0.1) is 5.92 Å². The van der Waals surface area contributed by atoms with Crippen LogP contribution in [-0.4, -0.2) is 33.0 Å². The van der Waals surface area contributed by atoms with Crippen molar-refractivity contribution in [3.8, 4) is 5.00 Å². The van der Waals surface area contributed by atoms with Crippen molar-refractivity contribution < 1.29 is 4.79 Å². The van der Waals surface area contributed by atoms with Crippen molar-refractivity contribution in [1.29, 1.82) is 0 Å². The second-order valence-electron chi connectivity index (χ2n) is 8.08. The molecule has 9 heteroatoms. The average molecular weight is 439 g/mol. The fourth-order valence-electron chi connectivity index (χ4n) is 4.57. The third-order valence-electron chi connectivity index (χ3n) is 6.07. The number of ketones is 1. The van der Waals surface area contributed by atoms with Gasteiger partial charge in [-0.2, -0.15) is 0 Å². The maximum Gasteiger partial charge on any atom is 0.249 e. The highest BCUT2D eigenvalue weighted by molar-refractivity contribution is 7.99. The second kappa shape index (κ2) is 7.19. The first kappa shape index (κ1) is 18.6. The Morgan fingerprint density at radius 2 is 2.17 bits per heavy atom. The van der Waals surface area contributed by atoms with E-state index in [0.717, 1.165) is 29.5 Å². The summed E-state index contributed by atoms with van der Waals surface area (Å²) < 4.78 is 2.14. The molecule has 1 saturated heterocycles. The molecule has 0 spiro atoms. The molecule has 0 radical (unpaired) electrons. The van der Waals surface area contributed by atoms with Crippen molar-refractivity contribution >= 4 is 34.8 Å². The lowest BCUT2D eigenvalue weighted by Gasteiger charge is -2.31. The minimum Gasteiger partial charge on any atom is -0.293 e. The van der Waals surface area contributed by atoms with Gasteiger partial charge >= 0.3 is 0 Å². The van der Waals surface area contributed by atoms with Gasteiger partial charge in [-0.1, -0.05) is 49.0 Å². The minimum absolute atomic E-state index is 0.0887. The van der Waals surface area contributed by atoms with Crippen LogP contribution >= 0.6 is 23.1 Å². The number of hydrogen-bond donors (Lipinski definition) is 2. The number of benzene rings is 1. The lowest BCUT2D eigenvalue weighted by atomic mass is 9.87. The topological polar surface area (TPSA) is 75.1 Å². The van der Waals surface area contributed by atoms with Gasteiger partial charge in [0.25, 0.3) is 0 Å². The number of thioether (sulfide) groups is 1. The van der Waals surface area contributed by atoms with Crippen LogP contribution in [0.25, 0.3) is 5.00 Å². The number of hydrogen-bond acceptors (Lipinski definition) is 8. The first-order chi connectivity index (χ1) is 14.7. The van der Waals surface area contributed by atoms with Gasteiger partial charge in [0.1, 0.15) is 11.2 Å². The fraction of sp³-hybridized carbons (Fsp3) is 0.381. The predicted octanol–water partition coefficient (Wildman–Crippen LogP) is 3.31. The molecule has 2 atom stereocenters. The van der Waals surface area contributed by atoms with E-state index in [1.807, 2.05) is 41.7 Å². The third-order valence-corrected chi connectivity index (χ3v) is 8.29. The highest BCUT2D eigenvalue weighted by Gasteiger charge is 2.42. The number of thiophene rings is 1. The monoisotopic (exact) mass is 438 g/mol. The van der Waals surface area contributed by atoms with E-state index < -0.39 is 0 Å². The summed E-state index contributed by atoms with van der Waals surface area (Å²) in [5.41, 5.74) is 6.98. The Hall–Kier alpha value is -2.20. The Morgan fingerprint density at radius 3 is 3.03 bits per heavy atom. The number of carbonyl (C=O) groups is 1. The smallest absolute Gasteiger partial charge is 0.249 e. The van der Waals surface area contributed by atoms with Crippen molar-refractivity contribution in [3.05, 3.63) is 51.9 Å². The molecule has 7 nitrogen and oxygen atoms in total. The molecule has 3 aromatic rings. The number of nitrogens with zero attached hydrogens (tertiary/aromatic N) is 4. The van der Waals surface area contributed by atoms with E-state index in [-0.39, 0.29) is 11.9 Å². The molecular formula is C21H22N6OS2. The quantitative estimate of drug-likeness (QED) is 0.478. The van der Waals surface area contributed by atoms with Gasteiger partial charge < -0.3 is 0 Å². The molecule has 2 N–H and O–H groups in total. The molecule has 3 aliphatic rings. The summed E-state index contributed by atoms with van der Waals surface area (Å²) in [5, 5.41) is 16.6. The molecule has 6 rings (SSSR count). The van der Waals surface area contributed by atoms with Crippen LogP contribution < -0.4 is 15.8 Å². The number of carbonyl (C=O) groups excluding carboxylic acids is 1. The zero-order chi connectivity index (χ0) is 20.2.